The molecule has 2 nitrogen and oxygen atoms in total. The molecule has 0 radical (unpaired) electrons. The van der Waals surface area contributed by atoms with Crippen LogP contribution in [0.2, 0.25) is 0 Å². The highest BCUT2D eigenvalue weighted by Crippen LogP contribution is 2.33. The smallest absolute Gasteiger partial charge is 0.0334 e. The zero-order valence-electron chi connectivity index (χ0n) is 11.6. The first-order valence-electron chi connectivity index (χ1n) is 7.31. The zero-order chi connectivity index (χ0) is 13.1. The van der Waals surface area contributed by atoms with Crippen LogP contribution in [0.25, 0.3) is 0 Å². The Labute approximate surface area is 119 Å². The fourth-order valence-corrected chi connectivity index (χ4v) is 3.92. The molecule has 0 aliphatic heterocycles. The maximum atomic E-state index is 3.73. The standard InChI is InChI=1S/C16H22N2S/c1-2-8-18-9-6-13(12-18)11-17-15-4-3-5-16-14(15)7-10-19-16/h6-7,9-10,12,15,17H,2-5,8,11H2,1H3. The van der Waals surface area contributed by atoms with Gasteiger partial charge in [0.05, 0.1) is 0 Å². The predicted molar refractivity (Wildman–Crippen MR) is 81.6 cm³/mol. The Morgan fingerprint density at radius 3 is 3.26 bits per heavy atom. The van der Waals surface area contributed by atoms with Crippen LogP contribution in [0.3, 0.4) is 0 Å². The molecule has 1 atom stereocenters. The molecule has 102 valence electrons. The highest BCUT2D eigenvalue weighted by Gasteiger charge is 2.20. The number of nitrogens with one attached hydrogen (secondary N) is 1. The number of aryl methyl sites for hydroxylation is 2. The van der Waals surface area contributed by atoms with E-state index in [0.29, 0.717) is 6.04 Å². The lowest BCUT2D eigenvalue weighted by Crippen LogP contribution is -2.23. The molecular weight excluding hydrogens is 252 g/mol. The second-order valence-corrected chi connectivity index (χ2v) is 6.38. The molecule has 1 unspecified atom stereocenters. The lowest BCUT2D eigenvalue weighted by molar-refractivity contribution is 0.463. The topological polar surface area (TPSA) is 17.0 Å². The van der Waals surface area contributed by atoms with Gasteiger partial charge in [0.2, 0.25) is 0 Å². The van der Waals surface area contributed by atoms with E-state index in [1.54, 1.807) is 10.4 Å². The minimum Gasteiger partial charge on any atom is -0.354 e. The van der Waals surface area contributed by atoms with Crippen LogP contribution in [0.15, 0.2) is 29.9 Å². The molecule has 0 spiro atoms. The van der Waals surface area contributed by atoms with Gasteiger partial charge in [0.1, 0.15) is 0 Å². The van der Waals surface area contributed by atoms with Crippen LogP contribution in [0.4, 0.5) is 0 Å². The van der Waals surface area contributed by atoms with Crippen LogP contribution in [0.1, 0.15) is 48.2 Å². The van der Waals surface area contributed by atoms with Crippen LogP contribution in [-0.2, 0) is 19.5 Å². The maximum Gasteiger partial charge on any atom is 0.0334 e. The summed E-state index contributed by atoms with van der Waals surface area (Å²) in [5.41, 5.74) is 2.94. The second-order valence-electron chi connectivity index (χ2n) is 5.38. The number of nitrogens with zero attached hydrogens (tertiary/aromatic N) is 1. The number of hydrogen-bond donors (Lipinski definition) is 1. The minimum absolute atomic E-state index is 0.560. The van der Waals surface area contributed by atoms with E-state index in [1.807, 2.05) is 11.3 Å². The Balaban J connectivity index is 1.61. The lowest BCUT2D eigenvalue weighted by atomic mass is 9.94. The van der Waals surface area contributed by atoms with Gasteiger partial charge < -0.3 is 9.88 Å². The number of rotatable bonds is 5. The molecule has 3 heteroatoms. The van der Waals surface area contributed by atoms with E-state index >= 15 is 0 Å². The number of hydrogen-bond acceptors (Lipinski definition) is 2. The molecule has 0 amide bonds. The fourth-order valence-electron chi connectivity index (χ4n) is 2.93. The Kier molecular flexibility index (Phi) is 4.04. The summed E-state index contributed by atoms with van der Waals surface area (Å²) in [4.78, 5) is 1.59. The molecule has 2 heterocycles. The monoisotopic (exact) mass is 274 g/mol. The highest BCUT2D eigenvalue weighted by molar-refractivity contribution is 7.10. The summed E-state index contributed by atoms with van der Waals surface area (Å²) in [6.45, 7) is 4.33. The van der Waals surface area contributed by atoms with Crippen LogP contribution in [0, 0.1) is 0 Å². The van der Waals surface area contributed by atoms with E-state index in [9.17, 15) is 0 Å². The van der Waals surface area contributed by atoms with E-state index in [4.69, 9.17) is 0 Å². The molecular formula is C16H22N2S. The molecule has 0 fully saturated rings. The number of thiophene rings is 1. The van der Waals surface area contributed by atoms with Crippen molar-refractivity contribution >= 4 is 11.3 Å². The molecule has 1 aliphatic carbocycles. The Bertz CT molecular complexity index is 526. The summed E-state index contributed by atoms with van der Waals surface area (Å²) in [7, 11) is 0. The van der Waals surface area contributed by atoms with Gasteiger partial charge in [0, 0.05) is 36.4 Å². The first kappa shape index (κ1) is 12.9. The second kappa shape index (κ2) is 5.93. The molecule has 1 aliphatic rings. The quantitative estimate of drug-likeness (QED) is 0.867. The van der Waals surface area contributed by atoms with E-state index < -0.39 is 0 Å². The summed E-state index contributed by atoms with van der Waals surface area (Å²) in [6, 6.07) is 5.10. The molecule has 2 aromatic heterocycles. The first-order valence-corrected chi connectivity index (χ1v) is 8.19. The SMILES string of the molecule is CCCn1ccc(CNC2CCCc3sccc32)c1. The van der Waals surface area contributed by atoms with Gasteiger partial charge in [-0.15, -0.1) is 11.3 Å². The summed E-state index contributed by atoms with van der Waals surface area (Å²) >= 11 is 1.92. The van der Waals surface area contributed by atoms with Crippen LogP contribution in [0.5, 0.6) is 0 Å². The van der Waals surface area contributed by atoms with Crippen LogP contribution < -0.4 is 5.32 Å². The maximum absolute atomic E-state index is 3.73. The van der Waals surface area contributed by atoms with Gasteiger partial charge in [0.15, 0.2) is 0 Å². The summed E-state index contributed by atoms with van der Waals surface area (Å²) in [5, 5.41) is 5.97. The number of fused-ring (bicyclic) bond motifs is 1. The lowest BCUT2D eigenvalue weighted by Gasteiger charge is -2.23. The Hall–Kier alpha value is -1.06. The largest absolute Gasteiger partial charge is 0.354 e. The molecule has 2 aromatic rings. The molecule has 1 N–H and O–H groups in total. The Morgan fingerprint density at radius 1 is 1.42 bits per heavy atom. The molecule has 0 saturated carbocycles. The molecule has 0 bridgehead atoms. The van der Waals surface area contributed by atoms with Crippen molar-refractivity contribution in [1.82, 2.24) is 9.88 Å². The van der Waals surface area contributed by atoms with Crippen molar-refractivity contribution in [1.29, 1.82) is 0 Å². The summed E-state index contributed by atoms with van der Waals surface area (Å²) in [6.07, 6.45) is 9.53. The molecule has 0 saturated heterocycles. The predicted octanol–water partition coefficient (Wildman–Crippen LogP) is 4.13. The van der Waals surface area contributed by atoms with Gasteiger partial charge in [-0.2, -0.15) is 0 Å². The zero-order valence-corrected chi connectivity index (χ0v) is 12.4. The molecule has 0 aromatic carbocycles. The molecule has 19 heavy (non-hydrogen) atoms. The van der Waals surface area contributed by atoms with Gasteiger partial charge in [-0.05, 0) is 54.3 Å². The van der Waals surface area contributed by atoms with Gasteiger partial charge in [-0.25, -0.2) is 0 Å². The summed E-state index contributed by atoms with van der Waals surface area (Å²) < 4.78 is 2.29. The van der Waals surface area contributed by atoms with Crippen molar-refractivity contribution in [3.8, 4) is 0 Å². The third-order valence-electron chi connectivity index (χ3n) is 3.90. The average Bonchev–Trinajstić information content (AvgIpc) is 3.05. The van der Waals surface area contributed by atoms with Crippen molar-refractivity contribution < 1.29 is 0 Å². The first-order chi connectivity index (χ1) is 9.36. The normalized spacial score (nSPS) is 18.5. The van der Waals surface area contributed by atoms with E-state index in [1.165, 1.54) is 31.2 Å². The fraction of sp³-hybridized carbons (Fsp3) is 0.500. The molecule has 3 rings (SSSR count). The van der Waals surface area contributed by atoms with Crippen molar-refractivity contribution in [3.05, 3.63) is 45.9 Å². The van der Waals surface area contributed by atoms with Crippen LogP contribution >= 0.6 is 11.3 Å². The van der Waals surface area contributed by atoms with Crippen molar-refractivity contribution in [2.24, 2.45) is 0 Å². The van der Waals surface area contributed by atoms with E-state index in [0.717, 1.165) is 13.1 Å². The average molecular weight is 274 g/mol. The van der Waals surface area contributed by atoms with Gasteiger partial charge in [0.25, 0.3) is 0 Å². The highest BCUT2D eigenvalue weighted by atomic mass is 32.1. The van der Waals surface area contributed by atoms with E-state index in [2.05, 4.69) is 46.7 Å². The van der Waals surface area contributed by atoms with Gasteiger partial charge in [-0.1, -0.05) is 6.92 Å². The number of aromatic nitrogens is 1. The van der Waals surface area contributed by atoms with Crippen LogP contribution in [-0.4, -0.2) is 4.57 Å². The summed E-state index contributed by atoms with van der Waals surface area (Å²) in [5.74, 6) is 0. The van der Waals surface area contributed by atoms with Crippen molar-refractivity contribution in [2.75, 3.05) is 0 Å². The van der Waals surface area contributed by atoms with Crippen molar-refractivity contribution in [2.45, 2.75) is 51.7 Å². The minimum atomic E-state index is 0.560. The van der Waals surface area contributed by atoms with E-state index in [-0.39, 0.29) is 0 Å². The Morgan fingerprint density at radius 2 is 2.37 bits per heavy atom. The van der Waals surface area contributed by atoms with Gasteiger partial charge >= 0.3 is 0 Å². The third kappa shape index (κ3) is 2.93. The van der Waals surface area contributed by atoms with Crippen molar-refractivity contribution in [3.63, 3.8) is 0 Å². The third-order valence-corrected chi connectivity index (χ3v) is 4.89. The van der Waals surface area contributed by atoms with Gasteiger partial charge in [-0.3, -0.25) is 0 Å².